The van der Waals surface area contributed by atoms with E-state index in [9.17, 15) is 4.79 Å². The van der Waals surface area contributed by atoms with Crippen LogP contribution in [0.2, 0.25) is 0 Å². The predicted molar refractivity (Wildman–Crippen MR) is 83.0 cm³/mol. The van der Waals surface area contributed by atoms with E-state index in [1.165, 1.54) is 5.56 Å². The summed E-state index contributed by atoms with van der Waals surface area (Å²) in [6, 6.07) is 8.40. The Morgan fingerprint density at radius 1 is 1.30 bits per heavy atom. The Balaban J connectivity index is 2.33. The molecular weight excluding hydrogens is 252 g/mol. The van der Waals surface area contributed by atoms with Gasteiger partial charge >= 0.3 is 0 Å². The van der Waals surface area contributed by atoms with Gasteiger partial charge in [-0.15, -0.1) is 0 Å². The minimum Gasteiger partial charge on any atom is -0.396 e. The van der Waals surface area contributed by atoms with Crippen LogP contribution in [0.4, 0.5) is 5.69 Å². The van der Waals surface area contributed by atoms with Gasteiger partial charge in [0.25, 0.3) is 0 Å². The summed E-state index contributed by atoms with van der Waals surface area (Å²) in [7, 11) is 4.02. The second kappa shape index (κ2) is 8.59. The summed E-state index contributed by atoms with van der Waals surface area (Å²) in [5, 5.41) is 11.7. The lowest BCUT2D eigenvalue weighted by Crippen LogP contribution is -2.32. The number of aryl methyl sites for hydroxylation is 1. The Hall–Kier alpha value is -1.55. The highest BCUT2D eigenvalue weighted by molar-refractivity contribution is 5.76. The third kappa shape index (κ3) is 6.06. The van der Waals surface area contributed by atoms with Crippen molar-refractivity contribution in [2.24, 2.45) is 0 Å². The molecule has 112 valence electrons. The lowest BCUT2D eigenvalue weighted by atomic mass is 10.1. The van der Waals surface area contributed by atoms with E-state index >= 15 is 0 Å². The summed E-state index contributed by atoms with van der Waals surface area (Å²) < 4.78 is 0. The van der Waals surface area contributed by atoms with Crippen LogP contribution in [-0.4, -0.2) is 37.8 Å². The van der Waals surface area contributed by atoms with Crippen molar-refractivity contribution in [1.29, 1.82) is 0 Å². The summed E-state index contributed by atoms with van der Waals surface area (Å²) in [5.74, 6) is 0.0760. The second-order valence-corrected chi connectivity index (χ2v) is 5.40. The number of nitrogens with zero attached hydrogens (tertiary/aromatic N) is 1. The maximum Gasteiger partial charge on any atom is 0.220 e. The number of carbonyl (C=O) groups is 1. The van der Waals surface area contributed by atoms with Crippen LogP contribution < -0.4 is 10.2 Å². The monoisotopic (exact) mass is 278 g/mol. The molecule has 2 N–H and O–H groups in total. The first-order valence-corrected chi connectivity index (χ1v) is 7.19. The van der Waals surface area contributed by atoms with E-state index in [2.05, 4.69) is 34.5 Å². The number of amides is 1. The Morgan fingerprint density at radius 2 is 1.95 bits per heavy atom. The van der Waals surface area contributed by atoms with Crippen molar-refractivity contribution in [3.05, 3.63) is 29.8 Å². The fourth-order valence-corrected chi connectivity index (χ4v) is 2.04. The van der Waals surface area contributed by atoms with Crippen molar-refractivity contribution in [2.45, 2.75) is 38.6 Å². The molecule has 0 aliphatic rings. The summed E-state index contributed by atoms with van der Waals surface area (Å²) in [5.41, 5.74) is 2.34. The van der Waals surface area contributed by atoms with Crippen LogP contribution in [-0.2, 0) is 11.2 Å². The Morgan fingerprint density at radius 3 is 2.50 bits per heavy atom. The number of aliphatic hydroxyl groups excluding tert-OH is 1. The minimum atomic E-state index is 0.0760. The van der Waals surface area contributed by atoms with Crippen LogP contribution in [0.25, 0.3) is 0 Å². The van der Waals surface area contributed by atoms with Gasteiger partial charge in [-0.3, -0.25) is 4.79 Å². The van der Waals surface area contributed by atoms with Crippen LogP contribution >= 0.6 is 0 Å². The van der Waals surface area contributed by atoms with Crippen molar-refractivity contribution in [3.8, 4) is 0 Å². The molecule has 0 heterocycles. The summed E-state index contributed by atoms with van der Waals surface area (Å²) in [6.45, 7) is 2.15. The highest BCUT2D eigenvalue weighted by atomic mass is 16.3. The first-order valence-electron chi connectivity index (χ1n) is 7.19. The molecule has 0 saturated carbocycles. The third-order valence-corrected chi connectivity index (χ3v) is 3.30. The number of benzene rings is 1. The van der Waals surface area contributed by atoms with Crippen LogP contribution in [0, 0.1) is 0 Å². The Kier molecular flexibility index (Phi) is 7.09. The highest BCUT2D eigenvalue weighted by Gasteiger charge is 2.07. The summed E-state index contributed by atoms with van der Waals surface area (Å²) in [4.78, 5) is 13.8. The largest absolute Gasteiger partial charge is 0.396 e. The number of nitrogens with one attached hydrogen (secondary N) is 1. The Bertz CT molecular complexity index is 401. The molecule has 0 saturated heterocycles. The molecule has 0 aliphatic carbocycles. The molecule has 1 aromatic carbocycles. The lowest BCUT2D eigenvalue weighted by molar-refractivity contribution is -0.121. The van der Waals surface area contributed by atoms with Crippen molar-refractivity contribution < 1.29 is 9.90 Å². The van der Waals surface area contributed by atoms with E-state index < -0.39 is 0 Å². The molecule has 1 amide bonds. The molecule has 0 fully saturated rings. The van der Waals surface area contributed by atoms with Crippen molar-refractivity contribution >= 4 is 11.6 Å². The topological polar surface area (TPSA) is 52.6 Å². The fraction of sp³-hybridized carbons (Fsp3) is 0.562. The number of hydrogen-bond acceptors (Lipinski definition) is 3. The molecule has 0 aliphatic heterocycles. The molecule has 0 bridgehead atoms. The van der Waals surface area contributed by atoms with Gasteiger partial charge in [0.05, 0.1) is 0 Å². The average molecular weight is 278 g/mol. The van der Waals surface area contributed by atoms with E-state index in [1.807, 2.05) is 21.0 Å². The zero-order valence-electron chi connectivity index (χ0n) is 12.7. The number of rotatable bonds is 8. The number of hydrogen-bond donors (Lipinski definition) is 2. The zero-order valence-corrected chi connectivity index (χ0v) is 12.7. The standard InChI is InChI=1S/C16H26N2O2/c1-13(5-4-12-19)17-16(20)11-8-14-6-9-15(10-7-14)18(2)3/h6-7,9-10,13,19H,4-5,8,11-12H2,1-3H3,(H,17,20). The lowest BCUT2D eigenvalue weighted by Gasteiger charge is -2.14. The molecule has 0 spiro atoms. The molecule has 1 aromatic rings. The van der Waals surface area contributed by atoms with Crippen LogP contribution in [0.15, 0.2) is 24.3 Å². The van der Waals surface area contributed by atoms with Crippen molar-refractivity contribution in [3.63, 3.8) is 0 Å². The Labute approximate surface area is 121 Å². The molecule has 0 aromatic heterocycles. The van der Waals surface area contributed by atoms with Gasteiger partial charge in [-0.05, 0) is 43.9 Å². The first kappa shape index (κ1) is 16.5. The third-order valence-electron chi connectivity index (χ3n) is 3.30. The van der Waals surface area contributed by atoms with Gasteiger partial charge in [0, 0.05) is 38.9 Å². The molecule has 1 atom stereocenters. The summed E-state index contributed by atoms with van der Waals surface area (Å²) >= 11 is 0. The number of anilines is 1. The van der Waals surface area contributed by atoms with Gasteiger partial charge < -0.3 is 15.3 Å². The van der Waals surface area contributed by atoms with Crippen molar-refractivity contribution in [2.75, 3.05) is 25.6 Å². The molecular formula is C16H26N2O2. The maximum atomic E-state index is 11.8. The van der Waals surface area contributed by atoms with E-state index in [0.29, 0.717) is 6.42 Å². The van der Waals surface area contributed by atoms with E-state index in [1.54, 1.807) is 0 Å². The smallest absolute Gasteiger partial charge is 0.220 e. The van der Waals surface area contributed by atoms with E-state index in [-0.39, 0.29) is 18.6 Å². The maximum absolute atomic E-state index is 11.8. The van der Waals surface area contributed by atoms with E-state index in [4.69, 9.17) is 5.11 Å². The quantitative estimate of drug-likeness (QED) is 0.764. The SMILES string of the molecule is CC(CCCO)NC(=O)CCc1ccc(N(C)C)cc1. The van der Waals surface area contributed by atoms with Gasteiger partial charge in [0.15, 0.2) is 0 Å². The van der Waals surface area contributed by atoms with Gasteiger partial charge in [-0.1, -0.05) is 12.1 Å². The molecule has 1 rings (SSSR count). The minimum absolute atomic E-state index is 0.0760. The first-order chi connectivity index (χ1) is 9.52. The fourth-order valence-electron chi connectivity index (χ4n) is 2.04. The van der Waals surface area contributed by atoms with Gasteiger partial charge in [0.1, 0.15) is 0 Å². The van der Waals surface area contributed by atoms with Gasteiger partial charge in [0.2, 0.25) is 5.91 Å². The van der Waals surface area contributed by atoms with E-state index in [0.717, 1.165) is 24.9 Å². The molecule has 0 radical (unpaired) electrons. The van der Waals surface area contributed by atoms with Crippen LogP contribution in [0.5, 0.6) is 0 Å². The summed E-state index contributed by atoms with van der Waals surface area (Å²) in [6.07, 6.45) is 2.81. The van der Waals surface area contributed by atoms with Gasteiger partial charge in [-0.25, -0.2) is 0 Å². The van der Waals surface area contributed by atoms with Gasteiger partial charge in [-0.2, -0.15) is 0 Å². The number of carbonyl (C=O) groups excluding carboxylic acids is 1. The highest BCUT2D eigenvalue weighted by Crippen LogP contribution is 2.13. The molecule has 4 heteroatoms. The van der Waals surface area contributed by atoms with Crippen LogP contribution in [0.3, 0.4) is 0 Å². The predicted octanol–water partition coefficient (Wildman–Crippen LogP) is 1.96. The van der Waals surface area contributed by atoms with Crippen LogP contribution in [0.1, 0.15) is 31.7 Å². The normalized spacial score (nSPS) is 12.0. The average Bonchev–Trinajstić information content (AvgIpc) is 2.43. The molecule has 4 nitrogen and oxygen atoms in total. The van der Waals surface area contributed by atoms with Crippen molar-refractivity contribution in [1.82, 2.24) is 5.32 Å². The second-order valence-electron chi connectivity index (χ2n) is 5.40. The molecule has 1 unspecified atom stereocenters. The number of aliphatic hydroxyl groups is 1. The zero-order chi connectivity index (χ0) is 15.0. The molecule has 20 heavy (non-hydrogen) atoms.